The molecule has 1 aliphatic carbocycles. The summed E-state index contributed by atoms with van der Waals surface area (Å²) in [5.41, 5.74) is 2.65. The molecule has 0 radical (unpaired) electrons. The van der Waals surface area contributed by atoms with E-state index in [1.807, 2.05) is 40.0 Å². The number of nitrogens with zero attached hydrogens (tertiary/aromatic N) is 6. The lowest BCUT2D eigenvalue weighted by Gasteiger charge is -2.35. The number of hydrogen-bond acceptors (Lipinski definition) is 6. The topological polar surface area (TPSA) is 86.0 Å². The number of carbonyl (C=O) groups is 1. The zero-order valence-corrected chi connectivity index (χ0v) is 21.2. The van der Waals surface area contributed by atoms with E-state index in [9.17, 15) is 4.79 Å². The maximum absolute atomic E-state index is 13.1. The maximum Gasteiger partial charge on any atom is 0.226 e. The molecule has 0 spiro atoms. The van der Waals surface area contributed by atoms with Crippen molar-refractivity contribution in [1.82, 2.24) is 29.6 Å². The van der Waals surface area contributed by atoms with Crippen LogP contribution in [0.15, 0.2) is 47.3 Å². The fourth-order valence-corrected chi connectivity index (χ4v) is 5.85. The van der Waals surface area contributed by atoms with Crippen molar-refractivity contribution in [1.29, 1.82) is 0 Å². The molecule has 3 aromatic heterocycles. The van der Waals surface area contributed by atoms with Crippen molar-refractivity contribution in [2.24, 2.45) is 11.8 Å². The minimum atomic E-state index is 0.0927. The second-order valence-corrected chi connectivity index (χ2v) is 10.4. The number of amides is 1. The van der Waals surface area contributed by atoms with Crippen molar-refractivity contribution >= 4 is 43.8 Å². The van der Waals surface area contributed by atoms with Gasteiger partial charge in [0.2, 0.25) is 5.91 Å². The average molecular weight is 535 g/mol. The summed E-state index contributed by atoms with van der Waals surface area (Å²) in [7, 11) is 0. The van der Waals surface area contributed by atoms with E-state index in [2.05, 4.69) is 44.0 Å². The standard InChI is InChI=1S/C26H27BrN6O2/c1-16-15-35-10-9-32(16)26(34)19-5-4-17(11-19)12-23-29-14-21-24(27)31-33(25(21)30-23)20-6-7-22-18(13-20)3-2-8-28-22/h2-3,6-8,13-14,16-17,19H,4-5,9-12,15H2,1H3/t16-,17+,19+/m0/s1. The summed E-state index contributed by atoms with van der Waals surface area (Å²) < 4.78 is 8.08. The van der Waals surface area contributed by atoms with Crippen LogP contribution in [-0.4, -0.2) is 61.3 Å². The van der Waals surface area contributed by atoms with Crippen LogP contribution in [0.4, 0.5) is 0 Å². The van der Waals surface area contributed by atoms with Crippen LogP contribution >= 0.6 is 15.9 Å². The van der Waals surface area contributed by atoms with Gasteiger partial charge in [-0.2, -0.15) is 5.10 Å². The molecule has 2 aliphatic rings. The van der Waals surface area contributed by atoms with Crippen molar-refractivity contribution in [3.8, 4) is 5.69 Å². The molecule has 6 rings (SSSR count). The smallest absolute Gasteiger partial charge is 0.226 e. The van der Waals surface area contributed by atoms with Crippen LogP contribution in [0.5, 0.6) is 0 Å². The van der Waals surface area contributed by atoms with E-state index in [-0.39, 0.29) is 17.9 Å². The molecular weight excluding hydrogens is 508 g/mol. The summed E-state index contributed by atoms with van der Waals surface area (Å²) in [4.78, 5) is 29.1. The molecule has 1 amide bonds. The van der Waals surface area contributed by atoms with Gasteiger partial charge in [0, 0.05) is 36.7 Å². The first-order valence-corrected chi connectivity index (χ1v) is 13.0. The van der Waals surface area contributed by atoms with Gasteiger partial charge < -0.3 is 9.64 Å². The van der Waals surface area contributed by atoms with Crippen molar-refractivity contribution in [3.05, 3.63) is 53.2 Å². The molecule has 180 valence electrons. The highest BCUT2D eigenvalue weighted by molar-refractivity contribution is 9.10. The number of aromatic nitrogens is 5. The lowest BCUT2D eigenvalue weighted by atomic mass is 10.00. The van der Waals surface area contributed by atoms with Crippen molar-refractivity contribution < 1.29 is 9.53 Å². The van der Waals surface area contributed by atoms with Gasteiger partial charge in [-0.1, -0.05) is 6.07 Å². The van der Waals surface area contributed by atoms with Crippen molar-refractivity contribution in [2.75, 3.05) is 19.8 Å². The first-order valence-electron chi connectivity index (χ1n) is 12.2. The quantitative estimate of drug-likeness (QED) is 0.387. The Hall–Kier alpha value is -2.91. The molecule has 35 heavy (non-hydrogen) atoms. The second kappa shape index (κ2) is 9.28. The third-order valence-electron chi connectivity index (χ3n) is 7.27. The number of fused-ring (bicyclic) bond motifs is 2. The Morgan fingerprint density at radius 2 is 2.14 bits per heavy atom. The first-order chi connectivity index (χ1) is 17.1. The van der Waals surface area contributed by atoms with Crippen LogP contribution < -0.4 is 0 Å². The number of carbonyl (C=O) groups excluding carboxylic acids is 1. The Morgan fingerprint density at radius 1 is 1.23 bits per heavy atom. The van der Waals surface area contributed by atoms with Gasteiger partial charge >= 0.3 is 0 Å². The molecule has 0 unspecified atom stereocenters. The first kappa shape index (κ1) is 22.5. The van der Waals surface area contributed by atoms with Gasteiger partial charge in [-0.05, 0) is 72.3 Å². The molecule has 1 aromatic carbocycles. The van der Waals surface area contributed by atoms with Gasteiger partial charge in [-0.25, -0.2) is 14.6 Å². The molecule has 0 N–H and O–H groups in total. The van der Waals surface area contributed by atoms with E-state index in [1.54, 1.807) is 6.20 Å². The number of halogens is 1. The van der Waals surface area contributed by atoms with E-state index >= 15 is 0 Å². The molecule has 4 heterocycles. The number of ether oxygens (including phenoxy) is 1. The summed E-state index contributed by atoms with van der Waals surface area (Å²) in [6, 6.07) is 10.2. The fraction of sp³-hybridized carbons (Fsp3) is 0.423. The van der Waals surface area contributed by atoms with Gasteiger partial charge in [0.1, 0.15) is 10.4 Å². The summed E-state index contributed by atoms with van der Waals surface area (Å²) in [6.07, 6.45) is 7.26. The molecule has 8 nitrogen and oxygen atoms in total. The second-order valence-electron chi connectivity index (χ2n) is 9.64. The SMILES string of the molecule is C[C@H]1COCCN1C(=O)[C@@H]1CC[C@@H](Cc2ncc3c(Br)nn(-c4ccc5ncccc5c4)c3n2)C1. The van der Waals surface area contributed by atoms with Crippen LogP contribution in [0, 0.1) is 11.8 Å². The highest BCUT2D eigenvalue weighted by Gasteiger charge is 2.35. The Kier molecular flexibility index (Phi) is 5.98. The summed E-state index contributed by atoms with van der Waals surface area (Å²) >= 11 is 3.57. The summed E-state index contributed by atoms with van der Waals surface area (Å²) in [5.74, 6) is 1.58. The number of pyridine rings is 1. The van der Waals surface area contributed by atoms with E-state index in [0.717, 1.165) is 63.7 Å². The molecule has 1 aliphatic heterocycles. The van der Waals surface area contributed by atoms with E-state index in [0.29, 0.717) is 25.7 Å². The van der Waals surface area contributed by atoms with Crippen LogP contribution in [0.2, 0.25) is 0 Å². The van der Waals surface area contributed by atoms with Gasteiger partial charge in [-0.3, -0.25) is 9.78 Å². The molecule has 0 bridgehead atoms. The lowest BCUT2D eigenvalue weighted by molar-refractivity contribution is -0.143. The van der Waals surface area contributed by atoms with Crippen LogP contribution in [0.25, 0.3) is 27.6 Å². The molecule has 1 saturated heterocycles. The van der Waals surface area contributed by atoms with E-state index < -0.39 is 0 Å². The predicted octanol–water partition coefficient (Wildman–Crippen LogP) is 4.33. The third kappa shape index (κ3) is 4.31. The molecule has 1 saturated carbocycles. The average Bonchev–Trinajstić information content (AvgIpc) is 3.48. The Morgan fingerprint density at radius 3 is 3.03 bits per heavy atom. The predicted molar refractivity (Wildman–Crippen MR) is 136 cm³/mol. The normalized spacial score (nSPS) is 22.8. The monoisotopic (exact) mass is 534 g/mol. The molecule has 2 fully saturated rings. The minimum absolute atomic E-state index is 0.0927. The third-order valence-corrected chi connectivity index (χ3v) is 7.86. The highest BCUT2D eigenvalue weighted by atomic mass is 79.9. The van der Waals surface area contributed by atoms with Crippen molar-refractivity contribution in [2.45, 2.75) is 38.6 Å². The Bertz CT molecular complexity index is 1410. The molecular formula is C26H27BrN6O2. The van der Waals surface area contributed by atoms with Crippen LogP contribution in [0.3, 0.4) is 0 Å². The van der Waals surface area contributed by atoms with Crippen LogP contribution in [0.1, 0.15) is 32.0 Å². The fourth-order valence-electron chi connectivity index (χ4n) is 5.41. The summed E-state index contributed by atoms with van der Waals surface area (Å²) in [6.45, 7) is 4.04. The van der Waals surface area contributed by atoms with Gasteiger partial charge in [0.05, 0.1) is 35.8 Å². The summed E-state index contributed by atoms with van der Waals surface area (Å²) in [5, 5.41) is 6.61. The largest absolute Gasteiger partial charge is 0.377 e. The number of hydrogen-bond donors (Lipinski definition) is 0. The zero-order valence-electron chi connectivity index (χ0n) is 19.6. The number of morpholine rings is 1. The minimum Gasteiger partial charge on any atom is -0.377 e. The van der Waals surface area contributed by atoms with E-state index in [4.69, 9.17) is 9.72 Å². The van der Waals surface area contributed by atoms with Gasteiger partial charge in [0.25, 0.3) is 0 Å². The maximum atomic E-state index is 13.1. The van der Waals surface area contributed by atoms with Crippen molar-refractivity contribution in [3.63, 3.8) is 0 Å². The van der Waals surface area contributed by atoms with Crippen LogP contribution in [-0.2, 0) is 16.0 Å². The molecule has 4 aromatic rings. The van der Waals surface area contributed by atoms with E-state index in [1.165, 1.54) is 0 Å². The zero-order chi connectivity index (χ0) is 23.9. The van der Waals surface area contributed by atoms with Gasteiger partial charge in [0.15, 0.2) is 5.65 Å². The number of rotatable bonds is 4. The Balaban J connectivity index is 1.22. The lowest BCUT2D eigenvalue weighted by Crippen LogP contribution is -2.49. The Labute approximate surface area is 211 Å². The number of benzene rings is 1. The molecule has 3 atom stereocenters. The van der Waals surface area contributed by atoms with Gasteiger partial charge in [-0.15, -0.1) is 0 Å². The molecule has 9 heteroatoms. The highest BCUT2D eigenvalue weighted by Crippen LogP contribution is 2.35.